The molecule has 112 valence electrons. The Balaban J connectivity index is 0. The highest BCUT2D eigenvalue weighted by Gasteiger charge is 2.17. The molecule has 0 spiro atoms. The quantitative estimate of drug-likeness (QED) is 0.755. The van der Waals surface area contributed by atoms with Crippen molar-refractivity contribution in [2.75, 3.05) is 0 Å². The molecule has 3 heteroatoms. The van der Waals surface area contributed by atoms with Crippen molar-refractivity contribution in [3.8, 4) is 83.9 Å². The summed E-state index contributed by atoms with van der Waals surface area (Å²) in [5.41, 5.74) is 5.27. The van der Waals surface area contributed by atoms with Gasteiger partial charge in [-0.3, -0.25) is 4.79 Å². The molecule has 3 nitrogen and oxygen atoms in total. The molecule has 0 saturated heterocycles. The maximum atomic E-state index is 10.2. The lowest BCUT2D eigenvalue weighted by atomic mass is 10.0. The van der Waals surface area contributed by atoms with E-state index in [1.807, 2.05) is 13.8 Å². The van der Waals surface area contributed by atoms with Gasteiger partial charge >= 0.3 is 5.97 Å². The van der Waals surface area contributed by atoms with Crippen molar-refractivity contribution in [2.24, 2.45) is 11.7 Å². The number of terminal acetylenes is 2. The van der Waals surface area contributed by atoms with Gasteiger partial charge in [-0.25, -0.2) is 0 Å². The zero-order valence-corrected chi connectivity index (χ0v) is 12.9. The number of rotatable bonds is 3. The minimum atomic E-state index is -0.913. The molecule has 2 atom stereocenters. The van der Waals surface area contributed by atoms with Crippen molar-refractivity contribution in [1.82, 2.24) is 0 Å². The summed E-state index contributed by atoms with van der Waals surface area (Å²) in [7, 11) is 0. The van der Waals surface area contributed by atoms with Gasteiger partial charge in [-0.1, -0.05) is 20.3 Å². The van der Waals surface area contributed by atoms with Gasteiger partial charge in [0.15, 0.2) is 0 Å². The lowest BCUT2D eigenvalue weighted by Crippen LogP contribution is -2.36. The molecule has 0 amide bonds. The molecular formula is C20H15NO2. The van der Waals surface area contributed by atoms with E-state index in [9.17, 15) is 4.79 Å². The summed E-state index contributed by atoms with van der Waals surface area (Å²) in [5.74, 6) is 27.4. The first-order valence-corrected chi connectivity index (χ1v) is 6.40. The van der Waals surface area contributed by atoms with Crippen LogP contribution in [0, 0.1) is 89.8 Å². The van der Waals surface area contributed by atoms with Crippen LogP contribution in [0.15, 0.2) is 0 Å². The lowest BCUT2D eigenvalue weighted by molar-refractivity contribution is -0.139. The van der Waals surface area contributed by atoms with Crippen LogP contribution in [-0.2, 0) is 4.79 Å². The van der Waals surface area contributed by atoms with Gasteiger partial charge in [0.2, 0.25) is 0 Å². The van der Waals surface area contributed by atoms with Crippen molar-refractivity contribution in [2.45, 2.75) is 26.3 Å². The van der Waals surface area contributed by atoms with Gasteiger partial charge in [-0.15, -0.1) is 12.8 Å². The normalized spacial score (nSPS) is 8.74. The Kier molecular flexibility index (Phi) is 15.4. The second kappa shape index (κ2) is 16.4. The average Bonchev–Trinajstić information content (AvgIpc) is 2.55. The van der Waals surface area contributed by atoms with Crippen LogP contribution in [0.25, 0.3) is 0 Å². The topological polar surface area (TPSA) is 63.3 Å². The lowest BCUT2D eigenvalue weighted by Gasteiger charge is -2.11. The van der Waals surface area contributed by atoms with E-state index >= 15 is 0 Å². The van der Waals surface area contributed by atoms with Crippen molar-refractivity contribution < 1.29 is 9.90 Å². The molecule has 23 heavy (non-hydrogen) atoms. The van der Waals surface area contributed by atoms with Crippen LogP contribution in [0.5, 0.6) is 0 Å². The SMILES string of the molecule is C#CC#CC#CC#CC#CC#CC#C.CC[C@H](C)[C@H](N)C(=O)O. The molecule has 0 rings (SSSR count). The molecular weight excluding hydrogens is 286 g/mol. The number of hydrogen-bond donors (Lipinski definition) is 2. The van der Waals surface area contributed by atoms with Gasteiger partial charge in [-0.05, 0) is 77.0 Å². The van der Waals surface area contributed by atoms with Crippen LogP contribution >= 0.6 is 0 Å². The third-order valence-corrected chi connectivity index (χ3v) is 2.25. The molecule has 0 saturated carbocycles. The van der Waals surface area contributed by atoms with Crippen LogP contribution < -0.4 is 5.73 Å². The summed E-state index contributed by atoms with van der Waals surface area (Å²) < 4.78 is 0. The number of carboxylic acids is 1. The summed E-state index contributed by atoms with van der Waals surface area (Å²) in [5, 5.41) is 8.36. The van der Waals surface area contributed by atoms with Crippen molar-refractivity contribution in [1.29, 1.82) is 0 Å². The van der Waals surface area contributed by atoms with E-state index in [4.69, 9.17) is 23.7 Å². The molecule has 0 radical (unpaired) electrons. The zero-order valence-electron chi connectivity index (χ0n) is 12.9. The van der Waals surface area contributed by atoms with E-state index in [1.165, 1.54) is 0 Å². The molecule has 0 aromatic carbocycles. The number of carbonyl (C=O) groups is 1. The highest BCUT2D eigenvalue weighted by molar-refractivity contribution is 5.73. The van der Waals surface area contributed by atoms with Gasteiger partial charge in [0, 0.05) is 0 Å². The Morgan fingerprint density at radius 3 is 1.39 bits per heavy atom. The fourth-order valence-electron chi connectivity index (χ4n) is 0.819. The highest BCUT2D eigenvalue weighted by Crippen LogP contribution is 2.04. The largest absolute Gasteiger partial charge is 0.480 e. The maximum absolute atomic E-state index is 10.2. The Hall–Kier alpha value is -3.65. The third-order valence-electron chi connectivity index (χ3n) is 2.25. The van der Waals surface area contributed by atoms with Crippen molar-refractivity contribution in [3.63, 3.8) is 0 Å². The average molecular weight is 301 g/mol. The van der Waals surface area contributed by atoms with Crippen LogP contribution in [0.3, 0.4) is 0 Å². The van der Waals surface area contributed by atoms with Gasteiger partial charge in [0.05, 0.1) is 0 Å². The fraction of sp³-hybridized carbons (Fsp3) is 0.250. The number of carboxylic acid groups (broad SMARTS) is 1. The van der Waals surface area contributed by atoms with Crippen molar-refractivity contribution >= 4 is 5.97 Å². The summed E-state index contributed by atoms with van der Waals surface area (Å²) >= 11 is 0. The molecule has 0 unspecified atom stereocenters. The van der Waals surface area contributed by atoms with Gasteiger partial charge < -0.3 is 10.8 Å². The number of aliphatic carboxylic acids is 1. The van der Waals surface area contributed by atoms with E-state index in [0.717, 1.165) is 6.42 Å². The van der Waals surface area contributed by atoms with Crippen LogP contribution in [0.4, 0.5) is 0 Å². The smallest absolute Gasteiger partial charge is 0.320 e. The van der Waals surface area contributed by atoms with Gasteiger partial charge in [0.1, 0.15) is 6.04 Å². The fourth-order valence-corrected chi connectivity index (χ4v) is 0.819. The molecule has 0 bridgehead atoms. The number of hydrogen-bond acceptors (Lipinski definition) is 2. The Morgan fingerprint density at radius 2 is 1.22 bits per heavy atom. The molecule has 0 aliphatic carbocycles. The first-order valence-electron chi connectivity index (χ1n) is 6.40. The van der Waals surface area contributed by atoms with Gasteiger partial charge in [-0.2, -0.15) is 0 Å². The molecule has 0 fully saturated rings. The minimum absolute atomic E-state index is 0.0718. The van der Waals surface area contributed by atoms with Crippen LogP contribution in [0.1, 0.15) is 20.3 Å². The first-order chi connectivity index (χ1) is 11.0. The zero-order chi connectivity index (χ0) is 17.9. The summed E-state index contributed by atoms with van der Waals surface area (Å²) in [6.45, 7) is 3.76. The molecule has 0 aliphatic rings. The first kappa shape index (κ1) is 21.6. The van der Waals surface area contributed by atoms with E-state index < -0.39 is 12.0 Å². The maximum Gasteiger partial charge on any atom is 0.320 e. The van der Waals surface area contributed by atoms with Crippen LogP contribution in [-0.4, -0.2) is 17.1 Å². The summed E-state index contributed by atoms with van der Waals surface area (Å²) in [6, 6.07) is -0.699. The minimum Gasteiger partial charge on any atom is -0.480 e. The predicted octanol–water partition coefficient (Wildman–Crippen LogP) is 0.714. The molecule has 3 N–H and O–H groups in total. The van der Waals surface area contributed by atoms with Gasteiger partial charge in [0.25, 0.3) is 0 Å². The van der Waals surface area contributed by atoms with E-state index in [1.54, 1.807) is 0 Å². The Labute approximate surface area is 138 Å². The predicted molar refractivity (Wildman–Crippen MR) is 91.6 cm³/mol. The van der Waals surface area contributed by atoms with Crippen molar-refractivity contribution in [3.05, 3.63) is 0 Å². The highest BCUT2D eigenvalue weighted by atomic mass is 16.4. The van der Waals surface area contributed by atoms with Crippen LogP contribution in [0.2, 0.25) is 0 Å². The Bertz CT molecular complexity index is 725. The summed E-state index contributed by atoms with van der Waals surface area (Å²) in [4.78, 5) is 10.2. The molecule has 0 aromatic heterocycles. The third kappa shape index (κ3) is 16.3. The van der Waals surface area contributed by atoms with E-state index in [2.05, 4.69) is 71.0 Å². The number of nitrogens with two attached hydrogens (primary N) is 1. The standard InChI is InChI=1S/C14H2.C6H13NO2/c1-3-5-7-9-11-13-14-12-10-8-6-4-2;1-3-4(2)5(7)6(8)9/h1-2H;4-5H,3,7H2,1-2H3,(H,8,9)/t;4-,5-/m.0/s1. The monoisotopic (exact) mass is 301 g/mol. The second-order valence-corrected chi connectivity index (χ2v) is 3.79. The Morgan fingerprint density at radius 1 is 0.913 bits per heavy atom. The molecule has 0 aliphatic heterocycles. The van der Waals surface area contributed by atoms with E-state index in [0.29, 0.717) is 0 Å². The summed E-state index contributed by atoms with van der Waals surface area (Å²) in [6.07, 6.45) is 10.5. The molecule has 0 heterocycles. The van der Waals surface area contributed by atoms with E-state index in [-0.39, 0.29) is 5.92 Å². The molecule has 0 aromatic rings. The second-order valence-electron chi connectivity index (χ2n) is 3.79.